The van der Waals surface area contributed by atoms with E-state index in [0.29, 0.717) is 18.2 Å². The fourth-order valence-corrected chi connectivity index (χ4v) is 1.39. The van der Waals surface area contributed by atoms with Crippen LogP contribution in [0.2, 0.25) is 0 Å². The number of amides is 3. The van der Waals surface area contributed by atoms with Crippen LogP contribution in [0.1, 0.15) is 19.3 Å². The van der Waals surface area contributed by atoms with Crippen LogP contribution in [-0.2, 0) is 19.2 Å². The van der Waals surface area contributed by atoms with Gasteiger partial charge in [0.1, 0.15) is 0 Å². The lowest BCUT2D eigenvalue weighted by Crippen LogP contribution is -2.44. The Hall–Kier alpha value is -2.12. The largest absolute Gasteiger partial charge is 0.543 e. The predicted molar refractivity (Wildman–Crippen MR) is 50.2 cm³/mol. The Bertz CT molecular complexity index is 373. The number of imide groups is 1. The lowest BCUT2D eigenvalue weighted by molar-refractivity contribution is -0.175. The van der Waals surface area contributed by atoms with Crippen molar-refractivity contribution in [1.82, 2.24) is 9.96 Å². The molecule has 0 saturated carbocycles. The van der Waals surface area contributed by atoms with Gasteiger partial charge in [0, 0.05) is 25.9 Å². The van der Waals surface area contributed by atoms with E-state index in [1.165, 1.54) is 4.90 Å². The van der Waals surface area contributed by atoms with Gasteiger partial charge in [-0.1, -0.05) is 5.06 Å². The van der Waals surface area contributed by atoms with Crippen LogP contribution in [0.25, 0.3) is 0 Å². The molecule has 2 aliphatic rings. The van der Waals surface area contributed by atoms with E-state index in [0.717, 1.165) is 6.42 Å². The van der Waals surface area contributed by atoms with Crippen LogP contribution in [0.5, 0.6) is 0 Å². The van der Waals surface area contributed by atoms with Crippen LogP contribution >= 0.6 is 0 Å². The second-order valence-corrected chi connectivity index (χ2v) is 3.63. The number of hydroxylamine groups is 2. The normalized spacial score (nSPS) is 19.1. The predicted octanol–water partition coefficient (Wildman–Crippen LogP) is 0.0293. The molecule has 2 aliphatic heterocycles. The van der Waals surface area contributed by atoms with E-state index < -0.39 is 24.1 Å². The van der Waals surface area contributed by atoms with Crippen molar-refractivity contribution in [2.75, 3.05) is 13.1 Å². The molecule has 0 unspecified atom stereocenters. The second kappa shape index (κ2) is 4.40. The molecule has 0 spiro atoms. The molecule has 2 saturated heterocycles. The van der Waals surface area contributed by atoms with Crippen molar-refractivity contribution >= 4 is 24.1 Å². The molecule has 0 aliphatic carbocycles. The van der Waals surface area contributed by atoms with E-state index in [-0.39, 0.29) is 12.8 Å². The first-order valence-electron chi connectivity index (χ1n) is 5.12. The summed E-state index contributed by atoms with van der Waals surface area (Å²) in [5.41, 5.74) is 0. The zero-order valence-corrected chi connectivity index (χ0v) is 8.88. The lowest BCUT2D eigenvalue weighted by atomic mass is 10.2. The van der Waals surface area contributed by atoms with Gasteiger partial charge >= 0.3 is 12.2 Å². The first-order valence-corrected chi connectivity index (χ1v) is 5.12. The standard InChI is InChI=1S/C9H10N2O6/c12-6-2-3-7(13)11(6)17-9(15)16-8(14)10-4-1-5-10/h1-5H2. The molecule has 0 aromatic carbocycles. The summed E-state index contributed by atoms with van der Waals surface area (Å²) in [6.07, 6.45) is -1.36. The van der Waals surface area contributed by atoms with Gasteiger partial charge in [-0.25, -0.2) is 9.59 Å². The molecular weight excluding hydrogens is 232 g/mol. The molecule has 8 nitrogen and oxygen atoms in total. The monoisotopic (exact) mass is 242 g/mol. The summed E-state index contributed by atoms with van der Waals surface area (Å²) in [4.78, 5) is 50.1. The molecule has 2 heterocycles. The molecule has 0 aromatic rings. The number of carbonyl (C=O) groups is 4. The topological polar surface area (TPSA) is 93.2 Å². The molecule has 0 atom stereocenters. The Morgan fingerprint density at radius 1 is 1.06 bits per heavy atom. The fourth-order valence-electron chi connectivity index (χ4n) is 1.39. The maximum absolute atomic E-state index is 11.2. The van der Waals surface area contributed by atoms with Gasteiger partial charge < -0.3 is 9.64 Å². The summed E-state index contributed by atoms with van der Waals surface area (Å²) in [6, 6.07) is 0. The molecule has 8 heteroatoms. The SMILES string of the molecule is O=C(OC(=O)N1CCC1)ON1C(=O)CCC1=O. The van der Waals surface area contributed by atoms with E-state index in [4.69, 9.17) is 0 Å². The number of carbonyl (C=O) groups excluding carboxylic acids is 4. The van der Waals surface area contributed by atoms with Crippen molar-refractivity contribution in [2.24, 2.45) is 0 Å². The third kappa shape index (κ3) is 2.35. The summed E-state index contributed by atoms with van der Waals surface area (Å²) in [5, 5.41) is 0.325. The van der Waals surface area contributed by atoms with E-state index in [1.807, 2.05) is 0 Å². The second-order valence-electron chi connectivity index (χ2n) is 3.63. The average molecular weight is 242 g/mol. The van der Waals surface area contributed by atoms with Gasteiger partial charge in [-0.2, -0.15) is 0 Å². The van der Waals surface area contributed by atoms with Crippen molar-refractivity contribution in [1.29, 1.82) is 0 Å². The number of likely N-dealkylation sites (tertiary alicyclic amines) is 1. The molecule has 17 heavy (non-hydrogen) atoms. The number of hydrogen-bond acceptors (Lipinski definition) is 6. The molecule has 3 amide bonds. The highest BCUT2D eigenvalue weighted by Gasteiger charge is 2.34. The minimum absolute atomic E-state index is 0.00775. The van der Waals surface area contributed by atoms with Crippen LogP contribution in [0.3, 0.4) is 0 Å². The van der Waals surface area contributed by atoms with Crippen molar-refractivity contribution in [3.63, 3.8) is 0 Å². The van der Waals surface area contributed by atoms with Crippen LogP contribution in [-0.4, -0.2) is 47.1 Å². The van der Waals surface area contributed by atoms with Crippen molar-refractivity contribution in [3.05, 3.63) is 0 Å². The van der Waals surface area contributed by atoms with E-state index in [9.17, 15) is 19.2 Å². The minimum Gasteiger partial charge on any atom is -0.342 e. The maximum atomic E-state index is 11.2. The van der Waals surface area contributed by atoms with E-state index in [2.05, 4.69) is 9.57 Å². The van der Waals surface area contributed by atoms with Gasteiger partial charge in [0.05, 0.1) is 0 Å². The molecule has 2 fully saturated rings. The van der Waals surface area contributed by atoms with Gasteiger partial charge in [0.15, 0.2) is 0 Å². The zero-order chi connectivity index (χ0) is 12.4. The van der Waals surface area contributed by atoms with Crippen molar-refractivity contribution < 1.29 is 28.8 Å². The Morgan fingerprint density at radius 3 is 2.12 bits per heavy atom. The Balaban J connectivity index is 1.82. The van der Waals surface area contributed by atoms with E-state index >= 15 is 0 Å². The molecule has 0 bridgehead atoms. The molecule has 0 aromatic heterocycles. The highest BCUT2D eigenvalue weighted by atomic mass is 16.8. The van der Waals surface area contributed by atoms with Crippen molar-refractivity contribution in [3.8, 4) is 0 Å². The van der Waals surface area contributed by atoms with Crippen LogP contribution in [0.4, 0.5) is 9.59 Å². The lowest BCUT2D eigenvalue weighted by Gasteiger charge is -2.28. The highest BCUT2D eigenvalue weighted by Crippen LogP contribution is 2.13. The number of rotatable bonds is 1. The quantitative estimate of drug-likeness (QED) is 0.366. The third-order valence-corrected chi connectivity index (χ3v) is 2.46. The van der Waals surface area contributed by atoms with Gasteiger partial charge in [-0.3, -0.25) is 14.4 Å². The summed E-state index contributed by atoms with van der Waals surface area (Å²) in [7, 11) is 0. The smallest absolute Gasteiger partial charge is 0.342 e. The Labute approximate surface area is 96.0 Å². The summed E-state index contributed by atoms with van der Waals surface area (Å²) in [6.45, 7) is 1.04. The van der Waals surface area contributed by atoms with Crippen molar-refractivity contribution in [2.45, 2.75) is 19.3 Å². The maximum Gasteiger partial charge on any atom is 0.543 e. The molecule has 0 radical (unpaired) electrons. The summed E-state index contributed by atoms with van der Waals surface area (Å²) < 4.78 is 4.29. The summed E-state index contributed by atoms with van der Waals surface area (Å²) in [5.74, 6) is -1.24. The third-order valence-electron chi connectivity index (χ3n) is 2.46. The minimum atomic E-state index is -1.37. The first kappa shape index (κ1) is 11.4. The number of hydrogen-bond donors (Lipinski definition) is 0. The fraction of sp³-hybridized carbons (Fsp3) is 0.556. The number of ether oxygens (including phenoxy) is 1. The molecular formula is C9H10N2O6. The van der Waals surface area contributed by atoms with Gasteiger partial charge in [-0.05, 0) is 6.42 Å². The van der Waals surface area contributed by atoms with Crippen LogP contribution in [0, 0.1) is 0 Å². The zero-order valence-electron chi connectivity index (χ0n) is 8.88. The number of nitrogens with zero attached hydrogens (tertiary/aromatic N) is 2. The molecule has 0 N–H and O–H groups in total. The Morgan fingerprint density at radius 2 is 1.65 bits per heavy atom. The van der Waals surface area contributed by atoms with Crippen LogP contribution in [0.15, 0.2) is 0 Å². The molecule has 92 valence electrons. The summed E-state index contributed by atoms with van der Waals surface area (Å²) >= 11 is 0. The Kier molecular flexibility index (Phi) is 2.94. The first-order chi connectivity index (χ1) is 8.08. The van der Waals surface area contributed by atoms with E-state index in [1.54, 1.807) is 0 Å². The van der Waals surface area contributed by atoms with Gasteiger partial charge in [0.2, 0.25) is 0 Å². The van der Waals surface area contributed by atoms with Gasteiger partial charge in [-0.15, -0.1) is 0 Å². The molecule has 2 rings (SSSR count). The highest BCUT2D eigenvalue weighted by molar-refractivity contribution is 6.01. The van der Waals surface area contributed by atoms with Crippen LogP contribution < -0.4 is 0 Å². The van der Waals surface area contributed by atoms with Gasteiger partial charge in [0.25, 0.3) is 11.8 Å². The average Bonchev–Trinajstić information content (AvgIpc) is 2.46.